The number of carbonyl (C=O) groups is 2. The SMILES string of the molecule is CCOCCOC(=O)c1ccc(C2C(O)[C@@]3(O)C(c4ccc(C(=O)OCCOCC)cc4)[C@@](O)([C@H](O)CO)[C@@]23O)cc1. The van der Waals surface area contributed by atoms with Gasteiger partial charge in [0.25, 0.3) is 0 Å². The molecule has 2 aromatic rings. The normalized spacial score (nSPS) is 30.4. The van der Waals surface area contributed by atoms with Crippen molar-refractivity contribution in [3.05, 3.63) is 70.8 Å². The third-order valence-electron chi connectivity index (χ3n) is 8.31. The maximum absolute atomic E-state index is 12.3. The molecule has 42 heavy (non-hydrogen) atoms. The number of hydrogen-bond acceptors (Lipinski definition) is 12. The van der Waals surface area contributed by atoms with E-state index in [4.69, 9.17) is 18.9 Å². The highest BCUT2D eigenvalue weighted by Gasteiger charge is 2.93. The van der Waals surface area contributed by atoms with Crippen LogP contribution in [0.3, 0.4) is 0 Å². The van der Waals surface area contributed by atoms with Crippen LogP contribution in [0.5, 0.6) is 0 Å². The summed E-state index contributed by atoms with van der Waals surface area (Å²) in [6.07, 6.45) is -3.52. The molecule has 2 fully saturated rings. The van der Waals surface area contributed by atoms with Crippen LogP contribution in [-0.2, 0) is 18.9 Å². The number of hydrogen-bond donors (Lipinski definition) is 6. The number of rotatable bonds is 14. The first kappa shape index (κ1) is 32.0. The van der Waals surface area contributed by atoms with Gasteiger partial charge in [-0.15, -0.1) is 0 Å². The van der Waals surface area contributed by atoms with Gasteiger partial charge in [-0.2, -0.15) is 0 Å². The summed E-state index contributed by atoms with van der Waals surface area (Å²) < 4.78 is 20.5. The van der Waals surface area contributed by atoms with E-state index in [9.17, 15) is 40.2 Å². The van der Waals surface area contributed by atoms with E-state index < -0.39 is 59.4 Å². The van der Waals surface area contributed by atoms with Gasteiger partial charge in [0, 0.05) is 19.1 Å². The Morgan fingerprint density at radius 1 is 0.786 bits per heavy atom. The maximum Gasteiger partial charge on any atom is 0.338 e. The predicted molar refractivity (Wildman–Crippen MR) is 146 cm³/mol. The van der Waals surface area contributed by atoms with Gasteiger partial charge in [0.15, 0.2) is 0 Å². The summed E-state index contributed by atoms with van der Waals surface area (Å²) in [6, 6.07) is 11.3. The van der Waals surface area contributed by atoms with E-state index in [1.165, 1.54) is 48.5 Å². The minimum atomic E-state index is -2.50. The lowest BCUT2D eigenvalue weighted by Gasteiger charge is -2.80. The van der Waals surface area contributed by atoms with E-state index in [0.717, 1.165) is 0 Å². The fourth-order valence-corrected chi connectivity index (χ4v) is 6.30. The Morgan fingerprint density at radius 3 is 1.67 bits per heavy atom. The van der Waals surface area contributed by atoms with Crippen molar-refractivity contribution < 1.29 is 59.2 Å². The summed E-state index contributed by atoms with van der Waals surface area (Å²) in [6.45, 7) is 4.23. The molecule has 0 saturated heterocycles. The number of aliphatic hydroxyl groups is 6. The fourth-order valence-electron chi connectivity index (χ4n) is 6.30. The molecule has 0 aliphatic heterocycles. The Labute approximate surface area is 243 Å². The molecule has 6 N–H and O–H groups in total. The number of benzene rings is 2. The monoisotopic (exact) mass is 590 g/mol. The van der Waals surface area contributed by atoms with E-state index >= 15 is 0 Å². The molecule has 7 atom stereocenters. The fraction of sp³-hybridized carbons (Fsp3) is 0.533. The van der Waals surface area contributed by atoms with E-state index in [2.05, 4.69) is 0 Å². The van der Waals surface area contributed by atoms with Gasteiger partial charge in [0.1, 0.15) is 36.1 Å². The molecule has 0 heterocycles. The molecule has 0 bridgehead atoms. The summed E-state index contributed by atoms with van der Waals surface area (Å²) >= 11 is 0. The van der Waals surface area contributed by atoms with Gasteiger partial charge in [-0.1, -0.05) is 24.3 Å². The third-order valence-corrected chi connectivity index (χ3v) is 8.31. The molecule has 0 radical (unpaired) electrons. The predicted octanol–water partition coefficient (Wildman–Crippen LogP) is -0.125. The highest BCUT2D eigenvalue weighted by atomic mass is 16.6. The van der Waals surface area contributed by atoms with Crippen molar-refractivity contribution in [2.24, 2.45) is 0 Å². The van der Waals surface area contributed by atoms with E-state index in [1.807, 2.05) is 13.8 Å². The molecule has 2 aliphatic carbocycles. The Bertz CT molecular complexity index is 1230. The van der Waals surface area contributed by atoms with Gasteiger partial charge < -0.3 is 49.6 Å². The van der Waals surface area contributed by atoms with Crippen molar-refractivity contribution in [2.75, 3.05) is 46.2 Å². The molecular weight excluding hydrogens is 552 g/mol. The molecule has 12 heteroatoms. The van der Waals surface area contributed by atoms with Crippen LogP contribution in [0.2, 0.25) is 0 Å². The summed E-state index contributed by atoms with van der Waals surface area (Å²) in [7, 11) is 0. The molecule has 2 saturated carbocycles. The largest absolute Gasteiger partial charge is 0.460 e. The molecule has 230 valence electrons. The highest BCUT2D eigenvalue weighted by Crippen LogP contribution is 2.75. The van der Waals surface area contributed by atoms with Gasteiger partial charge in [-0.3, -0.25) is 0 Å². The van der Waals surface area contributed by atoms with Gasteiger partial charge in [0.2, 0.25) is 0 Å². The number of ether oxygens (including phenoxy) is 4. The molecule has 0 spiro atoms. The number of aliphatic hydroxyl groups excluding tert-OH is 3. The standard InChI is InChI=1S/C30H38O12/c1-3-39-13-15-41-26(34)20-9-5-18(6-10-20)23-25(33)29(37)24(28(36,22(32)17-31)30(23,29)38)19-7-11-21(12-8-19)27(35)42-16-14-40-4-2/h5-12,22-25,31-33,36-38H,3-4,13-17H2,1-2H3/t22-,23?,24?,25?,28+,29+,30+/m1/s1. The molecule has 2 aromatic carbocycles. The highest BCUT2D eigenvalue weighted by molar-refractivity contribution is 5.90. The zero-order chi connectivity index (χ0) is 30.7. The van der Waals surface area contributed by atoms with Crippen LogP contribution in [-0.4, -0.2) is 118 Å². The first-order chi connectivity index (χ1) is 20.0. The van der Waals surface area contributed by atoms with Crippen molar-refractivity contribution in [1.82, 2.24) is 0 Å². The first-order valence-electron chi connectivity index (χ1n) is 13.9. The van der Waals surface area contributed by atoms with Crippen molar-refractivity contribution >= 4 is 11.9 Å². The molecular formula is C30H38O12. The van der Waals surface area contributed by atoms with Crippen LogP contribution in [0.4, 0.5) is 0 Å². The zero-order valence-electron chi connectivity index (χ0n) is 23.5. The Morgan fingerprint density at radius 2 is 1.24 bits per heavy atom. The third kappa shape index (κ3) is 4.91. The van der Waals surface area contributed by atoms with E-state index in [0.29, 0.717) is 13.2 Å². The quantitative estimate of drug-likeness (QED) is 0.126. The lowest BCUT2D eigenvalue weighted by Crippen LogP contribution is -2.99. The van der Waals surface area contributed by atoms with E-state index in [-0.39, 0.29) is 48.7 Å². The van der Waals surface area contributed by atoms with Crippen molar-refractivity contribution in [3.63, 3.8) is 0 Å². The molecule has 0 amide bonds. The summed E-state index contributed by atoms with van der Waals surface area (Å²) in [5, 5.41) is 66.8. The first-order valence-corrected chi connectivity index (χ1v) is 13.9. The lowest BCUT2D eigenvalue weighted by molar-refractivity contribution is -0.459. The smallest absolute Gasteiger partial charge is 0.338 e. The second-order valence-corrected chi connectivity index (χ2v) is 10.4. The van der Waals surface area contributed by atoms with Crippen molar-refractivity contribution in [1.29, 1.82) is 0 Å². The minimum Gasteiger partial charge on any atom is -0.460 e. The second-order valence-electron chi connectivity index (χ2n) is 10.4. The molecule has 2 aliphatic rings. The molecule has 12 nitrogen and oxygen atoms in total. The topological polar surface area (TPSA) is 192 Å². The summed E-state index contributed by atoms with van der Waals surface area (Å²) in [5.74, 6) is -3.96. The van der Waals surface area contributed by atoms with Gasteiger partial charge in [-0.25, -0.2) is 9.59 Å². The van der Waals surface area contributed by atoms with Crippen LogP contribution >= 0.6 is 0 Å². The number of fused-ring (bicyclic) bond motifs is 1. The van der Waals surface area contributed by atoms with Gasteiger partial charge in [0.05, 0.1) is 43.0 Å². The van der Waals surface area contributed by atoms with Crippen LogP contribution in [0.1, 0.15) is 57.5 Å². The van der Waals surface area contributed by atoms with Crippen LogP contribution in [0.25, 0.3) is 0 Å². The number of esters is 2. The van der Waals surface area contributed by atoms with E-state index in [1.54, 1.807) is 0 Å². The van der Waals surface area contributed by atoms with Gasteiger partial charge >= 0.3 is 11.9 Å². The minimum absolute atomic E-state index is 0.0515. The van der Waals surface area contributed by atoms with Crippen molar-refractivity contribution in [3.8, 4) is 0 Å². The molecule has 0 aromatic heterocycles. The van der Waals surface area contributed by atoms with Crippen LogP contribution < -0.4 is 0 Å². The Balaban J connectivity index is 1.56. The molecule has 4 rings (SSSR count). The Hall–Kier alpha value is -2.94. The molecule has 3 unspecified atom stereocenters. The average molecular weight is 591 g/mol. The zero-order valence-corrected chi connectivity index (χ0v) is 23.5. The Kier molecular flexibility index (Phi) is 9.70. The van der Waals surface area contributed by atoms with Crippen molar-refractivity contribution in [2.45, 2.75) is 54.7 Å². The summed E-state index contributed by atoms with van der Waals surface area (Å²) in [4.78, 5) is 24.6. The average Bonchev–Trinajstić information content (AvgIpc) is 3.01. The lowest BCUT2D eigenvalue weighted by atomic mass is 9.30. The summed E-state index contributed by atoms with van der Waals surface area (Å²) in [5.41, 5.74) is -6.47. The number of carbonyl (C=O) groups excluding carboxylic acids is 2. The maximum atomic E-state index is 12.3. The van der Waals surface area contributed by atoms with Gasteiger partial charge in [-0.05, 0) is 49.2 Å². The van der Waals surface area contributed by atoms with Crippen LogP contribution in [0, 0.1) is 0 Å². The van der Waals surface area contributed by atoms with Crippen LogP contribution in [0.15, 0.2) is 48.5 Å². The second kappa shape index (κ2) is 12.7.